The minimum Gasteiger partial charge on any atom is -0.477 e. The van der Waals surface area contributed by atoms with Crippen LogP contribution in [-0.2, 0) is 0 Å². The molecule has 3 N–H and O–H groups in total. The molecule has 1 amide bonds. The molecular formula is C15H22N2O3. The van der Waals surface area contributed by atoms with E-state index in [0.717, 1.165) is 12.8 Å². The Labute approximate surface area is 118 Å². The molecule has 5 heteroatoms. The molecule has 1 aliphatic rings. The number of aromatic nitrogens is 1. The number of carboxylic acids is 1. The van der Waals surface area contributed by atoms with Gasteiger partial charge >= 0.3 is 5.97 Å². The van der Waals surface area contributed by atoms with Crippen LogP contribution in [0.5, 0.6) is 0 Å². The number of hydrogen-bond acceptors (Lipinski definition) is 2. The number of rotatable bonds is 6. The number of H-pyrrole nitrogens is 1. The summed E-state index contributed by atoms with van der Waals surface area (Å²) in [5.41, 5.74) is 1.97. The standard InChI is InChI=1S/C15H22N2O3/c1-4-5-15(6-7-15)8-16-13(18)11-9(2)12(14(19)20)17-10(11)3/h17H,4-8H2,1-3H3,(H,16,18)(H,19,20). The SMILES string of the molecule is CCCC1(CNC(=O)c2c(C)[nH]c(C(=O)O)c2C)CC1. The van der Waals surface area contributed by atoms with Gasteiger partial charge in [0.05, 0.1) is 5.56 Å². The third kappa shape index (κ3) is 2.71. The Balaban J connectivity index is 2.08. The highest BCUT2D eigenvalue weighted by Crippen LogP contribution is 2.48. The van der Waals surface area contributed by atoms with E-state index in [1.165, 1.54) is 12.8 Å². The van der Waals surface area contributed by atoms with Crippen molar-refractivity contribution in [2.75, 3.05) is 6.54 Å². The number of carbonyl (C=O) groups excluding carboxylic acids is 1. The van der Waals surface area contributed by atoms with Gasteiger partial charge in [0.1, 0.15) is 5.69 Å². The average Bonchev–Trinajstić information content (AvgIpc) is 3.07. The summed E-state index contributed by atoms with van der Waals surface area (Å²) in [6.45, 7) is 6.24. The second kappa shape index (κ2) is 5.31. The zero-order chi connectivity index (χ0) is 14.9. The summed E-state index contributed by atoms with van der Waals surface area (Å²) in [4.78, 5) is 26.1. The van der Waals surface area contributed by atoms with Gasteiger partial charge in [-0.1, -0.05) is 13.3 Å². The number of amides is 1. The lowest BCUT2D eigenvalue weighted by Crippen LogP contribution is -2.30. The molecule has 0 aromatic carbocycles. The van der Waals surface area contributed by atoms with Gasteiger partial charge in [-0.3, -0.25) is 4.79 Å². The van der Waals surface area contributed by atoms with E-state index in [0.29, 0.717) is 23.4 Å². The van der Waals surface area contributed by atoms with E-state index in [2.05, 4.69) is 17.2 Å². The van der Waals surface area contributed by atoms with Crippen molar-refractivity contribution in [3.8, 4) is 0 Å². The first-order valence-electron chi connectivity index (χ1n) is 7.11. The maximum absolute atomic E-state index is 12.3. The number of carbonyl (C=O) groups is 2. The number of aromatic amines is 1. The second-order valence-corrected chi connectivity index (χ2v) is 5.86. The van der Waals surface area contributed by atoms with Crippen LogP contribution in [0.15, 0.2) is 0 Å². The maximum Gasteiger partial charge on any atom is 0.352 e. The van der Waals surface area contributed by atoms with Crippen LogP contribution in [0.2, 0.25) is 0 Å². The molecule has 0 bridgehead atoms. The van der Waals surface area contributed by atoms with Crippen molar-refractivity contribution in [3.05, 3.63) is 22.5 Å². The molecule has 0 aliphatic heterocycles. The van der Waals surface area contributed by atoms with Gasteiger partial charge in [0.25, 0.3) is 5.91 Å². The lowest BCUT2D eigenvalue weighted by molar-refractivity contribution is 0.0690. The number of aromatic carboxylic acids is 1. The van der Waals surface area contributed by atoms with Crippen molar-refractivity contribution >= 4 is 11.9 Å². The molecular weight excluding hydrogens is 256 g/mol. The van der Waals surface area contributed by atoms with Gasteiger partial charge in [-0.15, -0.1) is 0 Å². The third-order valence-corrected chi connectivity index (χ3v) is 4.24. The van der Waals surface area contributed by atoms with Crippen molar-refractivity contribution in [3.63, 3.8) is 0 Å². The van der Waals surface area contributed by atoms with Crippen LogP contribution in [0.1, 0.15) is 64.7 Å². The molecule has 1 aromatic heterocycles. The van der Waals surface area contributed by atoms with E-state index in [-0.39, 0.29) is 17.0 Å². The average molecular weight is 278 g/mol. The summed E-state index contributed by atoms with van der Waals surface area (Å²) >= 11 is 0. The van der Waals surface area contributed by atoms with Gasteiger partial charge in [-0.05, 0) is 44.1 Å². The quantitative estimate of drug-likeness (QED) is 0.748. The topological polar surface area (TPSA) is 82.2 Å². The van der Waals surface area contributed by atoms with Crippen LogP contribution in [0, 0.1) is 19.3 Å². The minimum atomic E-state index is -1.03. The lowest BCUT2D eigenvalue weighted by atomic mass is 10.0. The van der Waals surface area contributed by atoms with Crippen LogP contribution in [-0.4, -0.2) is 28.5 Å². The number of carboxylic acid groups (broad SMARTS) is 1. The summed E-state index contributed by atoms with van der Waals surface area (Å²) < 4.78 is 0. The van der Waals surface area contributed by atoms with Crippen LogP contribution in [0.25, 0.3) is 0 Å². The summed E-state index contributed by atoms with van der Waals surface area (Å²) in [6, 6.07) is 0. The summed E-state index contributed by atoms with van der Waals surface area (Å²) in [5, 5.41) is 12.0. The number of hydrogen-bond donors (Lipinski definition) is 3. The highest BCUT2D eigenvalue weighted by molar-refractivity contribution is 6.00. The van der Waals surface area contributed by atoms with Crippen molar-refractivity contribution in [1.29, 1.82) is 0 Å². The first-order chi connectivity index (χ1) is 9.40. The normalized spacial score (nSPS) is 15.9. The molecule has 0 atom stereocenters. The zero-order valence-corrected chi connectivity index (χ0v) is 12.3. The van der Waals surface area contributed by atoms with Crippen LogP contribution in [0.4, 0.5) is 0 Å². The Hall–Kier alpha value is -1.78. The van der Waals surface area contributed by atoms with Gasteiger partial charge in [0.2, 0.25) is 0 Å². The molecule has 0 saturated heterocycles. The van der Waals surface area contributed by atoms with E-state index in [1.54, 1.807) is 13.8 Å². The first-order valence-corrected chi connectivity index (χ1v) is 7.11. The predicted molar refractivity (Wildman–Crippen MR) is 76.1 cm³/mol. The Morgan fingerprint density at radius 2 is 2.00 bits per heavy atom. The van der Waals surface area contributed by atoms with Crippen LogP contribution >= 0.6 is 0 Å². The van der Waals surface area contributed by atoms with E-state index in [4.69, 9.17) is 5.11 Å². The van der Waals surface area contributed by atoms with Crippen LogP contribution in [0.3, 0.4) is 0 Å². The smallest absolute Gasteiger partial charge is 0.352 e. The van der Waals surface area contributed by atoms with Gasteiger partial charge in [-0.25, -0.2) is 4.79 Å². The number of aryl methyl sites for hydroxylation is 1. The second-order valence-electron chi connectivity index (χ2n) is 5.86. The molecule has 5 nitrogen and oxygen atoms in total. The molecule has 0 spiro atoms. The van der Waals surface area contributed by atoms with Crippen molar-refractivity contribution in [2.45, 2.75) is 46.5 Å². The van der Waals surface area contributed by atoms with Gasteiger partial charge in [0, 0.05) is 12.2 Å². The van der Waals surface area contributed by atoms with Gasteiger partial charge in [0.15, 0.2) is 0 Å². The molecule has 0 radical (unpaired) electrons. The molecule has 1 fully saturated rings. The van der Waals surface area contributed by atoms with Crippen LogP contribution < -0.4 is 5.32 Å². The Kier molecular flexibility index (Phi) is 3.88. The van der Waals surface area contributed by atoms with E-state index in [9.17, 15) is 9.59 Å². The Bertz CT molecular complexity index is 542. The van der Waals surface area contributed by atoms with Crippen molar-refractivity contribution in [2.24, 2.45) is 5.41 Å². The van der Waals surface area contributed by atoms with Crippen molar-refractivity contribution in [1.82, 2.24) is 10.3 Å². The summed E-state index contributed by atoms with van der Waals surface area (Å²) in [7, 11) is 0. The van der Waals surface area contributed by atoms with E-state index < -0.39 is 5.97 Å². The third-order valence-electron chi connectivity index (χ3n) is 4.24. The summed E-state index contributed by atoms with van der Waals surface area (Å²) in [5.74, 6) is -1.21. The van der Waals surface area contributed by atoms with E-state index in [1.807, 2.05) is 0 Å². The largest absolute Gasteiger partial charge is 0.477 e. The predicted octanol–water partition coefficient (Wildman–Crippen LogP) is 2.64. The Morgan fingerprint density at radius 3 is 2.45 bits per heavy atom. The molecule has 1 aromatic rings. The zero-order valence-electron chi connectivity index (χ0n) is 12.3. The summed E-state index contributed by atoms with van der Waals surface area (Å²) in [6.07, 6.45) is 4.61. The van der Waals surface area contributed by atoms with Gasteiger partial charge in [-0.2, -0.15) is 0 Å². The molecule has 20 heavy (non-hydrogen) atoms. The molecule has 0 unspecified atom stereocenters. The first kappa shape index (κ1) is 14.6. The fraction of sp³-hybridized carbons (Fsp3) is 0.600. The highest BCUT2D eigenvalue weighted by Gasteiger charge is 2.41. The molecule has 1 saturated carbocycles. The molecule has 1 heterocycles. The lowest BCUT2D eigenvalue weighted by Gasteiger charge is -2.15. The van der Waals surface area contributed by atoms with Crippen molar-refractivity contribution < 1.29 is 14.7 Å². The number of nitrogens with one attached hydrogen (secondary N) is 2. The molecule has 2 rings (SSSR count). The highest BCUT2D eigenvalue weighted by atomic mass is 16.4. The maximum atomic E-state index is 12.3. The Morgan fingerprint density at radius 1 is 1.35 bits per heavy atom. The fourth-order valence-electron chi connectivity index (χ4n) is 2.88. The molecule has 110 valence electrons. The molecule has 1 aliphatic carbocycles. The van der Waals surface area contributed by atoms with Gasteiger partial charge < -0.3 is 15.4 Å². The van der Waals surface area contributed by atoms with E-state index >= 15 is 0 Å². The monoisotopic (exact) mass is 278 g/mol. The minimum absolute atomic E-state index is 0.0994. The fourth-order valence-corrected chi connectivity index (χ4v) is 2.88.